The zero-order valence-electron chi connectivity index (χ0n) is 19.9. The Morgan fingerprint density at radius 2 is 1.69 bits per heavy atom. The van der Waals surface area contributed by atoms with Gasteiger partial charge < -0.3 is 36.0 Å². The molecule has 0 bridgehead atoms. The summed E-state index contributed by atoms with van der Waals surface area (Å²) in [5.41, 5.74) is 0.972. The zero-order chi connectivity index (χ0) is 26.7. The maximum atomic E-state index is 12.5. The van der Waals surface area contributed by atoms with Crippen LogP contribution in [-0.2, 0) is 19.2 Å². The fraction of sp³-hybridized carbons (Fsp3) is 0.280. The number of amides is 3. The van der Waals surface area contributed by atoms with Crippen molar-refractivity contribution in [2.24, 2.45) is 5.92 Å². The smallest absolute Gasteiger partial charge is 0.341 e. The molecule has 11 nitrogen and oxygen atoms in total. The summed E-state index contributed by atoms with van der Waals surface area (Å²) >= 11 is 0. The van der Waals surface area contributed by atoms with Gasteiger partial charge in [-0.15, -0.1) is 0 Å². The van der Waals surface area contributed by atoms with Crippen LogP contribution in [0.4, 0.5) is 11.4 Å². The van der Waals surface area contributed by atoms with Gasteiger partial charge in [0.15, 0.2) is 18.1 Å². The average molecular weight is 500 g/mol. The molecular formula is C25H29N3O8. The molecule has 2 rings (SSSR count). The Morgan fingerprint density at radius 3 is 2.33 bits per heavy atom. The second-order valence-electron chi connectivity index (χ2n) is 7.74. The van der Waals surface area contributed by atoms with Crippen molar-refractivity contribution in [1.82, 2.24) is 5.32 Å². The molecule has 0 aliphatic heterocycles. The van der Waals surface area contributed by atoms with E-state index in [1.54, 1.807) is 0 Å². The Kier molecular flexibility index (Phi) is 10.3. The predicted octanol–water partition coefficient (Wildman–Crippen LogP) is 2.70. The number of rotatable bonds is 12. The van der Waals surface area contributed by atoms with Crippen LogP contribution in [-0.4, -0.2) is 52.2 Å². The molecule has 0 saturated heterocycles. The predicted molar refractivity (Wildman–Crippen MR) is 133 cm³/mol. The Balaban J connectivity index is 2.02. The van der Waals surface area contributed by atoms with Crippen molar-refractivity contribution in [2.75, 3.05) is 23.8 Å². The van der Waals surface area contributed by atoms with E-state index in [9.17, 15) is 29.4 Å². The minimum atomic E-state index is -1.18. The molecule has 192 valence electrons. The third kappa shape index (κ3) is 8.67. The topological polar surface area (TPSA) is 174 Å². The first-order valence-corrected chi connectivity index (χ1v) is 11.2. The van der Waals surface area contributed by atoms with Gasteiger partial charge in [0, 0.05) is 17.7 Å². The van der Waals surface area contributed by atoms with Crippen LogP contribution in [0.5, 0.6) is 17.2 Å². The van der Waals surface area contributed by atoms with Gasteiger partial charge in [-0.1, -0.05) is 19.9 Å². The van der Waals surface area contributed by atoms with E-state index in [4.69, 9.17) is 9.84 Å². The van der Waals surface area contributed by atoms with E-state index in [-0.39, 0.29) is 41.3 Å². The maximum Gasteiger partial charge on any atom is 0.341 e. The fourth-order valence-corrected chi connectivity index (χ4v) is 3.11. The molecule has 0 aliphatic rings. The molecule has 36 heavy (non-hydrogen) atoms. The summed E-state index contributed by atoms with van der Waals surface area (Å²) in [6.45, 7) is 2.80. The summed E-state index contributed by atoms with van der Waals surface area (Å²) < 4.78 is 5.24. The van der Waals surface area contributed by atoms with Crippen LogP contribution < -0.4 is 20.7 Å². The summed E-state index contributed by atoms with van der Waals surface area (Å²) in [6, 6.07) is 8.38. The lowest BCUT2D eigenvalue weighted by Crippen LogP contribution is -2.31. The number of phenols is 2. The number of aromatic hydroxyl groups is 2. The average Bonchev–Trinajstić information content (AvgIpc) is 2.83. The molecule has 0 aromatic heterocycles. The normalized spacial score (nSPS) is 10.8. The standard InChI is InChI=1S/C25H29N3O8/c1-3-16(4-2)25(35)28-18-12-17(7-9-21(18)36-14-24(33)34)27-23(32)13-26-22(31)10-6-15-5-8-19(29)20(30)11-15/h5-12,16,29-30H,3-4,13-14H2,1-2H3,(H,26,31)(H,27,32)(H,28,35)(H,33,34)/b10-6+. The Hall–Kier alpha value is -4.54. The lowest BCUT2D eigenvalue weighted by atomic mass is 10.0. The lowest BCUT2D eigenvalue weighted by molar-refractivity contribution is -0.139. The molecule has 3 amide bonds. The Labute approximate surface area is 207 Å². The summed E-state index contributed by atoms with van der Waals surface area (Å²) in [6.07, 6.45) is 3.80. The zero-order valence-corrected chi connectivity index (χ0v) is 19.9. The summed E-state index contributed by atoms with van der Waals surface area (Å²) in [5, 5.41) is 35.4. The van der Waals surface area contributed by atoms with Gasteiger partial charge in [0.1, 0.15) is 5.75 Å². The van der Waals surface area contributed by atoms with Gasteiger partial charge in [-0.25, -0.2) is 4.79 Å². The van der Waals surface area contributed by atoms with Gasteiger partial charge in [0.05, 0.1) is 12.2 Å². The lowest BCUT2D eigenvalue weighted by Gasteiger charge is -2.17. The number of hydrogen-bond acceptors (Lipinski definition) is 7. The van der Waals surface area contributed by atoms with Crippen molar-refractivity contribution in [3.05, 3.63) is 48.0 Å². The number of aliphatic carboxylic acids is 1. The van der Waals surface area contributed by atoms with E-state index in [0.717, 1.165) is 0 Å². The van der Waals surface area contributed by atoms with Crippen molar-refractivity contribution in [3.63, 3.8) is 0 Å². The van der Waals surface area contributed by atoms with Gasteiger partial charge in [-0.05, 0) is 54.8 Å². The number of carbonyl (C=O) groups is 4. The molecular weight excluding hydrogens is 470 g/mol. The van der Waals surface area contributed by atoms with Gasteiger partial charge in [0.25, 0.3) is 0 Å². The number of hydrogen-bond donors (Lipinski definition) is 6. The highest BCUT2D eigenvalue weighted by atomic mass is 16.5. The molecule has 0 spiro atoms. The quantitative estimate of drug-likeness (QED) is 0.191. The van der Waals surface area contributed by atoms with Crippen LogP contribution in [0.2, 0.25) is 0 Å². The number of ether oxygens (including phenoxy) is 1. The van der Waals surface area contributed by atoms with E-state index >= 15 is 0 Å². The first-order chi connectivity index (χ1) is 17.1. The van der Waals surface area contributed by atoms with Gasteiger partial charge in [0.2, 0.25) is 17.7 Å². The Bertz CT molecular complexity index is 1140. The third-order valence-electron chi connectivity index (χ3n) is 5.08. The molecule has 0 heterocycles. The molecule has 0 aliphatic carbocycles. The number of carboxylic acids is 1. The Morgan fingerprint density at radius 1 is 0.972 bits per heavy atom. The van der Waals surface area contributed by atoms with Crippen LogP contribution in [0.3, 0.4) is 0 Å². The maximum absolute atomic E-state index is 12.5. The van der Waals surface area contributed by atoms with Gasteiger partial charge in [-0.2, -0.15) is 0 Å². The highest BCUT2D eigenvalue weighted by Gasteiger charge is 2.17. The van der Waals surface area contributed by atoms with Gasteiger partial charge >= 0.3 is 5.97 Å². The third-order valence-corrected chi connectivity index (χ3v) is 5.08. The number of carbonyl (C=O) groups excluding carboxylic acids is 3. The second-order valence-corrected chi connectivity index (χ2v) is 7.74. The summed E-state index contributed by atoms with van der Waals surface area (Å²) in [5.74, 6) is -3.28. The molecule has 0 saturated carbocycles. The van der Waals surface area contributed by atoms with Crippen LogP contribution in [0.15, 0.2) is 42.5 Å². The monoisotopic (exact) mass is 499 g/mol. The SMILES string of the molecule is CCC(CC)C(=O)Nc1cc(NC(=O)CNC(=O)/C=C/c2ccc(O)c(O)c2)ccc1OCC(=O)O. The van der Waals surface area contributed by atoms with Crippen molar-refractivity contribution < 1.29 is 39.2 Å². The molecule has 11 heteroatoms. The number of phenolic OH excluding ortho intramolecular Hbond substituents is 2. The van der Waals surface area contributed by atoms with Crippen molar-refractivity contribution in [2.45, 2.75) is 26.7 Å². The van der Waals surface area contributed by atoms with Gasteiger partial charge in [-0.3, -0.25) is 14.4 Å². The molecule has 2 aromatic rings. The van der Waals surface area contributed by atoms with Crippen LogP contribution in [0.1, 0.15) is 32.3 Å². The first-order valence-electron chi connectivity index (χ1n) is 11.2. The second kappa shape index (κ2) is 13.4. The largest absolute Gasteiger partial charge is 0.504 e. The van der Waals surface area contributed by atoms with E-state index in [1.807, 2.05) is 13.8 Å². The number of benzene rings is 2. The molecule has 2 aromatic carbocycles. The fourth-order valence-electron chi connectivity index (χ4n) is 3.11. The molecule has 0 unspecified atom stereocenters. The van der Waals surface area contributed by atoms with E-state index in [2.05, 4.69) is 16.0 Å². The number of anilines is 2. The highest BCUT2D eigenvalue weighted by molar-refractivity contribution is 5.99. The minimum Gasteiger partial charge on any atom is -0.504 e. The van der Waals surface area contributed by atoms with Crippen molar-refractivity contribution in [1.29, 1.82) is 0 Å². The minimum absolute atomic E-state index is 0.133. The van der Waals surface area contributed by atoms with E-state index in [0.29, 0.717) is 24.1 Å². The van der Waals surface area contributed by atoms with Crippen LogP contribution in [0, 0.1) is 5.92 Å². The number of carboxylic acid groups (broad SMARTS) is 1. The van der Waals surface area contributed by atoms with Crippen molar-refractivity contribution >= 4 is 41.1 Å². The molecule has 0 atom stereocenters. The molecule has 6 N–H and O–H groups in total. The van der Waals surface area contributed by atoms with Crippen LogP contribution in [0.25, 0.3) is 6.08 Å². The molecule has 0 fully saturated rings. The molecule has 0 radical (unpaired) electrons. The summed E-state index contributed by atoms with van der Waals surface area (Å²) in [7, 11) is 0. The highest BCUT2D eigenvalue weighted by Crippen LogP contribution is 2.29. The van der Waals surface area contributed by atoms with Crippen LogP contribution >= 0.6 is 0 Å². The van der Waals surface area contributed by atoms with E-state index < -0.39 is 24.4 Å². The van der Waals surface area contributed by atoms with Crippen molar-refractivity contribution in [3.8, 4) is 17.2 Å². The first kappa shape index (κ1) is 27.7. The van der Waals surface area contributed by atoms with E-state index in [1.165, 1.54) is 48.6 Å². The number of nitrogens with one attached hydrogen (secondary N) is 3. The summed E-state index contributed by atoms with van der Waals surface area (Å²) in [4.78, 5) is 47.7.